The molecule has 0 saturated heterocycles. The highest BCUT2D eigenvalue weighted by Crippen LogP contribution is 2.42. The second kappa shape index (κ2) is 11.3. The fraction of sp³-hybridized carbons (Fsp3) is 0.333. The third-order valence-corrected chi connectivity index (χ3v) is 5.88. The molecule has 2 aromatic carbocycles. The van der Waals surface area contributed by atoms with Gasteiger partial charge in [0.25, 0.3) is 0 Å². The van der Waals surface area contributed by atoms with Gasteiger partial charge in [-0.3, -0.25) is 4.79 Å². The Hall–Kier alpha value is -3.49. The molecule has 35 heavy (non-hydrogen) atoms. The number of carboxylic acids is 2. The average molecular weight is 484 g/mol. The molecule has 3 aromatic rings. The summed E-state index contributed by atoms with van der Waals surface area (Å²) >= 11 is 0. The molecule has 2 atom stereocenters. The molecular weight excluding hydrogens is 453 g/mol. The van der Waals surface area contributed by atoms with Crippen molar-refractivity contribution in [1.29, 1.82) is 0 Å². The standard InChI is InChI=1S/C27H30FNO6/c1-16(2)25-24(27(34)35)23(17-6-4-3-5-7-17)26(18-8-10-19(28)11-9-18)29(25)13-12-20(30)14-21(31)15-22(32)33/h3-11,16,20-21,30-31H,12-15H2,1-2H3,(H,32,33)(H,34,35). The molecule has 0 bridgehead atoms. The first-order valence-electron chi connectivity index (χ1n) is 11.5. The maximum atomic E-state index is 13.7. The Balaban J connectivity index is 2.16. The van der Waals surface area contributed by atoms with Crippen molar-refractivity contribution in [2.75, 3.05) is 0 Å². The molecule has 0 aliphatic rings. The molecule has 186 valence electrons. The van der Waals surface area contributed by atoms with Crippen LogP contribution in [-0.4, -0.2) is 49.1 Å². The highest BCUT2D eigenvalue weighted by Gasteiger charge is 2.30. The zero-order valence-electron chi connectivity index (χ0n) is 19.7. The molecule has 7 nitrogen and oxygen atoms in total. The van der Waals surface area contributed by atoms with Gasteiger partial charge in [-0.2, -0.15) is 0 Å². The molecule has 8 heteroatoms. The van der Waals surface area contributed by atoms with E-state index in [4.69, 9.17) is 5.11 Å². The number of aromatic nitrogens is 1. The number of hydrogen-bond donors (Lipinski definition) is 4. The number of carbonyl (C=O) groups is 2. The second-order valence-electron chi connectivity index (χ2n) is 8.90. The normalized spacial score (nSPS) is 13.1. The first-order valence-corrected chi connectivity index (χ1v) is 11.5. The molecule has 0 radical (unpaired) electrons. The van der Waals surface area contributed by atoms with Crippen molar-refractivity contribution in [3.05, 3.63) is 71.7 Å². The summed E-state index contributed by atoms with van der Waals surface area (Å²) in [6.07, 6.45) is -2.62. The van der Waals surface area contributed by atoms with Gasteiger partial charge in [0.05, 0.1) is 29.9 Å². The SMILES string of the molecule is CC(C)c1c(C(=O)O)c(-c2ccccc2)c(-c2ccc(F)cc2)n1CCC(O)CC(O)CC(=O)O. The monoisotopic (exact) mass is 483 g/mol. The highest BCUT2D eigenvalue weighted by molar-refractivity contribution is 6.03. The molecule has 2 unspecified atom stereocenters. The molecule has 4 N–H and O–H groups in total. The number of carboxylic acid groups (broad SMARTS) is 2. The zero-order valence-corrected chi connectivity index (χ0v) is 19.7. The fourth-order valence-electron chi connectivity index (χ4n) is 4.47. The summed E-state index contributed by atoms with van der Waals surface area (Å²) in [5.74, 6) is -2.85. The molecule has 0 spiro atoms. The summed E-state index contributed by atoms with van der Waals surface area (Å²) in [5.41, 5.74) is 3.13. The van der Waals surface area contributed by atoms with Gasteiger partial charge >= 0.3 is 11.9 Å². The van der Waals surface area contributed by atoms with Crippen molar-refractivity contribution < 1.29 is 34.4 Å². The van der Waals surface area contributed by atoms with E-state index in [1.54, 1.807) is 12.1 Å². The molecule has 1 aromatic heterocycles. The molecule has 0 saturated carbocycles. The maximum Gasteiger partial charge on any atom is 0.338 e. The summed E-state index contributed by atoms with van der Waals surface area (Å²) in [6, 6.07) is 14.9. The second-order valence-corrected chi connectivity index (χ2v) is 8.90. The first kappa shape index (κ1) is 26.1. The van der Waals surface area contributed by atoms with Crippen LogP contribution >= 0.6 is 0 Å². The minimum absolute atomic E-state index is 0.117. The molecule has 0 fully saturated rings. The van der Waals surface area contributed by atoms with E-state index in [0.717, 1.165) is 0 Å². The Morgan fingerprint density at radius 3 is 2.09 bits per heavy atom. The van der Waals surface area contributed by atoms with Gasteiger partial charge < -0.3 is 25.0 Å². The minimum Gasteiger partial charge on any atom is -0.481 e. The third-order valence-electron chi connectivity index (χ3n) is 5.88. The predicted octanol–water partition coefficient (Wildman–Crippen LogP) is 4.76. The van der Waals surface area contributed by atoms with Crippen molar-refractivity contribution >= 4 is 11.9 Å². The minimum atomic E-state index is -1.19. The number of aromatic carboxylic acids is 1. The van der Waals surface area contributed by atoms with E-state index in [1.165, 1.54) is 12.1 Å². The van der Waals surface area contributed by atoms with Gasteiger partial charge in [-0.05, 0) is 54.2 Å². The predicted molar refractivity (Wildman–Crippen MR) is 130 cm³/mol. The van der Waals surface area contributed by atoms with E-state index in [9.17, 15) is 29.3 Å². The van der Waals surface area contributed by atoms with Crippen LogP contribution in [0.4, 0.5) is 4.39 Å². The van der Waals surface area contributed by atoms with Crippen LogP contribution in [0.2, 0.25) is 0 Å². The van der Waals surface area contributed by atoms with Crippen molar-refractivity contribution in [3.63, 3.8) is 0 Å². The topological polar surface area (TPSA) is 120 Å². The number of rotatable bonds is 11. The number of aliphatic hydroxyl groups is 2. The Kier molecular flexibility index (Phi) is 8.43. The van der Waals surface area contributed by atoms with E-state index in [-0.39, 0.29) is 30.9 Å². The average Bonchev–Trinajstić information content (AvgIpc) is 3.14. The van der Waals surface area contributed by atoms with E-state index < -0.39 is 36.4 Å². The Morgan fingerprint density at radius 2 is 1.54 bits per heavy atom. The van der Waals surface area contributed by atoms with E-state index in [2.05, 4.69) is 0 Å². The van der Waals surface area contributed by atoms with E-state index >= 15 is 0 Å². The van der Waals surface area contributed by atoms with Gasteiger partial charge in [0.2, 0.25) is 0 Å². The van der Waals surface area contributed by atoms with Gasteiger partial charge in [0, 0.05) is 17.8 Å². The van der Waals surface area contributed by atoms with Crippen molar-refractivity contribution in [3.8, 4) is 22.4 Å². The molecule has 0 amide bonds. The number of nitrogens with zero attached hydrogens (tertiary/aromatic N) is 1. The molecular formula is C27H30FNO6. The molecule has 0 aliphatic carbocycles. The van der Waals surface area contributed by atoms with Gasteiger partial charge in [-0.15, -0.1) is 0 Å². The van der Waals surface area contributed by atoms with Crippen molar-refractivity contribution in [2.24, 2.45) is 0 Å². The van der Waals surface area contributed by atoms with Crippen LogP contribution in [0.1, 0.15) is 55.1 Å². The Morgan fingerprint density at radius 1 is 0.914 bits per heavy atom. The van der Waals surface area contributed by atoms with Crippen LogP contribution in [0.15, 0.2) is 54.6 Å². The smallest absolute Gasteiger partial charge is 0.338 e. The summed E-state index contributed by atoms with van der Waals surface area (Å²) in [4.78, 5) is 23.4. The summed E-state index contributed by atoms with van der Waals surface area (Å²) in [6.45, 7) is 3.98. The highest BCUT2D eigenvalue weighted by atomic mass is 19.1. The van der Waals surface area contributed by atoms with Crippen LogP contribution in [0, 0.1) is 5.82 Å². The third kappa shape index (κ3) is 6.15. The number of aliphatic hydroxyl groups excluding tert-OH is 2. The fourth-order valence-corrected chi connectivity index (χ4v) is 4.47. The van der Waals surface area contributed by atoms with Crippen LogP contribution in [0.5, 0.6) is 0 Å². The van der Waals surface area contributed by atoms with Crippen molar-refractivity contribution in [2.45, 2.75) is 57.8 Å². The van der Waals surface area contributed by atoms with Gasteiger partial charge in [-0.25, -0.2) is 9.18 Å². The van der Waals surface area contributed by atoms with Crippen molar-refractivity contribution in [1.82, 2.24) is 4.57 Å². The number of benzene rings is 2. The summed E-state index contributed by atoms with van der Waals surface area (Å²) < 4.78 is 15.6. The van der Waals surface area contributed by atoms with Gasteiger partial charge in [0.15, 0.2) is 0 Å². The van der Waals surface area contributed by atoms with Gasteiger partial charge in [0.1, 0.15) is 5.82 Å². The Labute approximate surface area is 203 Å². The Bertz CT molecular complexity index is 1170. The number of hydrogen-bond acceptors (Lipinski definition) is 4. The van der Waals surface area contributed by atoms with Crippen LogP contribution in [0.25, 0.3) is 22.4 Å². The lowest BCUT2D eigenvalue weighted by molar-refractivity contribution is -0.139. The number of halogens is 1. The molecule has 0 aliphatic heterocycles. The largest absolute Gasteiger partial charge is 0.481 e. The summed E-state index contributed by atoms with van der Waals surface area (Å²) in [5, 5.41) is 39.5. The zero-order chi connectivity index (χ0) is 25.7. The summed E-state index contributed by atoms with van der Waals surface area (Å²) in [7, 11) is 0. The van der Waals surface area contributed by atoms with Crippen LogP contribution in [0.3, 0.4) is 0 Å². The van der Waals surface area contributed by atoms with Gasteiger partial charge in [-0.1, -0.05) is 44.2 Å². The lowest BCUT2D eigenvalue weighted by Gasteiger charge is -2.20. The lowest BCUT2D eigenvalue weighted by atomic mass is 9.95. The first-order chi connectivity index (χ1) is 16.6. The van der Waals surface area contributed by atoms with E-state index in [0.29, 0.717) is 28.1 Å². The molecule has 3 rings (SSSR count). The lowest BCUT2D eigenvalue weighted by Crippen LogP contribution is -2.22. The van der Waals surface area contributed by atoms with Crippen LogP contribution < -0.4 is 0 Å². The van der Waals surface area contributed by atoms with E-state index in [1.807, 2.05) is 48.7 Å². The van der Waals surface area contributed by atoms with Crippen LogP contribution in [-0.2, 0) is 11.3 Å². The number of aliphatic carboxylic acids is 1. The quantitative estimate of drug-likeness (QED) is 0.312. The maximum absolute atomic E-state index is 13.7. The molecule has 1 heterocycles.